The number of pyridine rings is 1. The Labute approximate surface area is 121 Å². The molecule has 0 aromatic carbocycles. The van der Waals surface area contributed by atoms with Crippen molar-refractivity contribution in [2.24, 2.45) is 7.05 Å². The highest BCUT2D eigenvalue weighted by Gasteiger charge is 2.15. The predicted molar refractivity (Wildman–Crippen MR) is 77.3 cm³/mol. The van der Waals surface area contributed by atoms with Gasteiger partial charge in [-0.25, -0.2) is 9.67 Å². The number of carbonyl (C=O) groups excluding carboxylic acids is 1. The number of nitrogens with one attached hydrogen (secondary N) is 1. The van der Waals surface area contributed by atoms with Gasteiger partial charge in [0.2, 0.25) is 0 Å². The maximum absolute atomic E-state index is 12.3. The van der Waals surface area contributed by atoms with Gasteiger partial charge in [0.25, 0.3) is 5.91 Å². The quantitative estimate of drug-likeness (QED) is 0.791. The lowest BCUT2D eigenvalue weighted by molar-refractivity contribution is 0.102. The van der Waals surface area contributed by atoms with Crippen molar-refractivity contribution in [2.45, 2.75) is 6.92 Å². The molecule has 1 N–H and O–H groups in total. The number of rotatable bonds is 3. The third-order valence-corrected chi connectivity index (χ3v) is 3.24. The Morgan fingerprint density at radius 2 is 2.10 bits per heavy atom. The number of hydrogen-bond acceptors (Lipinski definition) is 4. The molecule has 0 aliphatic rings. The van der Waals surface area contributed by atoms with E-state index in [4.69, 9.17) is 0 Å². The second kappa shape index (κ2) is 5.20. The largest absolute Gasteiger partial charge is 0.319 e. The van der Waals surface area contributed by atoms with E-state index in [2.05, 4.69) is 20.5 Å². The van der Waals surface area contributed by atoms with Gasteiger partial charge in [-0.1, -0.05) is 0 Å². The first-order chi connectivity index (χ1) is 10.2. The number of carbonyl (C=O) groups is 1. The first-order valence-electron chi connectivity index (χ1n) is 6.42. The molecule has 0 unspecified atom stereocenters. The van der Waals surface area contributed by atoms with E-state index in [1.165, 1.54) is 0 Å². The lowest BCUT2D eigenvalue weighted by Gasteiger charge is -2.09. The van der Waals surface area contributed by atoms with Gasteiger partial charge >= 0.3 is 0 Å². The normalized spacial score (nSPS) is 10.6. The van der Waals surface area contributed by atoms with Gasteiger partial charge in [-0.15, -0.1) is 0 Å². The summed E-state index contributed by atoms with van der Waals surface area (Å²) in [5.41, 5.74) is 1.93. The van der Waals surface area contributed by atoms with Crippen LogP contribution < -0.4 is 5.32 Å². The summed E-state index contributed by atoms with van der Waals surface area (Å²) in [4.78, 5) is 16.6. The Bertz CT molecular complexity index is 775. The Hall–Kier alpha value is -2.96. The van der Waals surface area contributed by atoms with E-state index in [1.807, 2.05) is 6.92 Å². The maximum Gasteiger partial charge on any atom is 0.259 e. The van der Waals surface area contributed by atoms with Crippen molar-refractivity contribution < 1.29 is 4.79 Å². The third kappa shape index (κ3) is 2.40. The smallest absolute Gasteiger partial charge is 0.259 e. The van der Waals surface area contributed by atoms with Gasteiger partial charge < -0.3 is 5.32 Å². The number of amides is 1. The minimum Gasteiger partial charge on any atom is -0.319 e. The molecule has 106 valence electrons. The van der Waals surface area contributed by atoms with Gasteiger partial charge in [-0.05, 0) is 25.1 Å². The molecular formula is C14H14N6O. The van der Waals surface area contributed by atoms with Crippen molar-refractivity contribution in [2.75, 3.05) is 5.32 Å². The summed E-state index contributed by atoms with van der Waals surface area (Å²) >= 11 is 0. The minimum absolute atomic E-state index is 0.220. The number of nitrogens with zero attached hydrogens (tertiary/aromatic N) is 5. The van der Waals surface area contributed by atoms with Gasteiger partial charge in [0.1, 0.15) is 0 Å². The van der Waals surface area contributed by atoms with Crippen molar-refractivity contribution in [3.63, 3.8) is 0 Å². The van der Waals surface area contributed by atoms with Crippen LogP contribution in [0.1, 0.15) is 16.1 Å². The summed E-state index contributed by atoms with van der Waals surface area (Å²) in [5, 5.41) is 11.1. The van der Waals surface area contributed by atoms with Crippen LogP contribution in [0.25, 0.3) is 5.82 Å². The molecule has 0 saturated carbocycles. The zero-order valence-corrected chi connectivity index (χ0v) is 11.7. The van der Waals surface area contributed by atoms with Gasteiger partial charge in [0.15, 0.2) is 5.82 Å². The molecule has 0 radical (unpaired) electrons. The van der Waals surface area contributed by atoms with E-state index >= 15 is 0 Å². The molecule has 0 spiro atoms. The fourth-order valence-electron chi connectivity index (χ4n) is 1.98. The molecule has 0 saturated heterocycles. The highest BCUT2D eigenvalue weighted by molar-refractivity contribution is 6.05. The van der Waals surface area contributed by atoms with Crippen LogP contribution in [-0.4, -0.2) is 30.5 Å². The predicted octanol–water partition coefficient (Wildman–Crippen LogP) is 1.56. The summed E-state index contributed by atoms with van der Waals surface area (Å²) in [6.07, 6.45) is 6.63. The summed E-state index contributed by atoms with van der Waals surface area (Å²) in [7, 11) is 1.80. The summed E-state index contributed by atoms with van der Waals surface area (Å²) in [6, 6.07) is 5.35. The van der Waals surface area contributed by atoms with Crippen LogP contribution in [0, 0.1) is 6.92 Å². The van der Waals surface area contributed by atoms with E-state index in [9.17, 15) is 4.79 Å². The van der Waals surface area contributed by atoms with Crippen molar-refractivity contribution in [1.82, 2.24) is 24.5 Å². The summed E-state index contributed by atoms with van der Waals surface area (Å²) in [6.45, 7) is 1.85. The summed E-state index contributed by atoms with van der Waals surface area (Å²) in [5.74, 6) is 0.347. The molecular weight excluding hydrogens is 268 g/mol. The van der Waals surface area contributed by atoms with Crippen molar-refractivity contribution >= 4 is 11.6 Å². The molecule has 0 aliphatic carbocycles. The van der Waals surface area contributed by atoms with Crippen LogP contribution in [0.2, 0.25) is 0 Å². The average molecular weight is 282 g/mol. The monoisotopic (exact) mass is 282 g/mol. The van der Waals surface area contributed by atoms with Crippen molar-refractivity contribution in [3.05, 3.63) is 54.2 Å². The molecule has 0 bridgehead atoms. The molecule has 7 nitrogen and oxygen atoms in total. The highest BCUT2D eigenvalue weighted by atomic mass is 16.1. The van der Waals surface area contributed by atoms with E-state index < -0.39 is 0 Å². The van der Waals surface area contributed by atoms with Crippen molar-refractivity contribution in [1.29, 1.82) is 0 Å². The summed E-state index contributed by atoms with van der Waals surface area (Å²) < 4.78 is 3.26. The number of anilines is 1. The van der Waals surface area contributed by atoms with Crippen molar-refractivity contribution in [3.8, 4) is 5.82 Å². The van der Waals surface area contributed by atoms with Crippen LogP contribution >= 0.6 is 0 Å². The van der Waals surface area contributed by atoms with E-state index in [0.29, 0.717) is 17.1 Å². The molecule has 3 heterocycles. The fourth-order valence-corrected chi connectivity index (χ4v) is 1.98. The first kappa shape index (κ1) is 13.0. The van der Waals surface area contributed by atoms with Crippen LogP contribution in [0.15, 0.2) is 43.0 Å². The number of hydrogen-bond donors (Lipinski definition) is 1. The fraction of sp³-hybridized carbons (Fsp3) is 0.143. The Balaban J connectivity index is 1.92. The van der Waals surface area contributed by atoms with E-state index in [0.717, 1.165) is 5.69 Å². The molecule has 3 aromatic heterocycles. The average Bonchev–Trinajstić information content (AvgIpc) is 3.11. The second-order valence-corrected chi connectivity index (χ2v) is 4.55. The zero-order chi connectivity index (χ0) is 14.8. The standard InChI is InChI=1S/C14H14N6O/c1-10-11(9-17-19(10)2)14(21)18-12-5-3-6-15-13(12)20-8-4-7-16-20/h3-9H,1-2H3,(H,18,21). The molecule has 1 amide bonds. The van der Waals surface area contributed by atoms with Crippen LogP contribution in [-0.2, 0) is 7.05 Å². The molecule has 0 fully saturated rings. The Morgan fingerprint density at radius 3 is 2.76 bits per heavy atom. The van der Waals surface area contributed by atoms with Gasteiger partial charge in [-0.3, -0.25) is 9.48 Å². The maximum atomic E-state index is 12.3. The van der Waals surface area contributed by atoms with Crippen LogP contribution in [0.5, 0.6) is 0 Å². The Kier molecular flexibility index (Phi) is 3.23. The lowest BCUT2D eigenvalue weighted by atomic mass is 10.2. The zero-order valence-electron chi connectivity index (χ0n) is 11.7. The second-order valence-electron chi connectivity index (χ2n) is 4.55. The highest BCUT2D eigenvalue weighted by Crippen LogP contribution is 2.18. The molecule has 0 aliphatic heterocycles. The lowest BCUT2D eigenvalue weighted by Crippen LogP contribution is -2.15. The van der Waals surface area contributed by atoms with Gasteiger partial charge in [0, 0.05) is 31.3 Å². The van der Waals surface area contributed by atoms with Gasteiger partial charge in [-0.2, -0.15) is 10.2 Å². The molecule has 0 atom stereocenters. The molecule has 21 heavy (non-hydrogen) atoms. The van der Waals surface area contributed by atoms with Gasteiger partial charge in [0.05, 0.1) is 17.4 Å². The topological polar surface area (TPSA) is 77.6 Å². The number of aryl methyl sites for hydroxylation is 1. The molecule has 7 heteroatoms. The Morgan fingerprint density at radius 1 is 1.24 bits per heavy atom. The molecule has 3 aromatic rings. The molecule has 3 rings (SSSR count). The third-order valence-electron chi connectivity index (χ3n) is 3.24. The van der Waals surface area contributed by atoms with E-state index in [1.54, 1.807) is 59.4 Å². The first-order valence-corrected chi connectivity index (χ1v) is 6.42. The SMILES string of the molecule is Cc1c(C(=O)Nc2cccnc2-n2cccn2)cnn1C. The van der Waals surface area contributed by atoms with E-state index in [-0.39, 0.29) is 5.91 Å². The number of aromatic nitrogens is 5. The minimum atomic E-state index is -0.220. The van der Waals surface area contributed by atoms with Crippen LogP contribution in [0.4, 0.5) is 5.69 Å². The van der Waals surface area contributed by atoms with Crippen LogP contribution in [0.3, 0.4) is 0 Å².